The molecule has 2 rings (SSSR count). The molecule has 1 fully saturated rings. The first-order valence-electron chi connectivity index (χ1n) is 8.14. The quantitative estimate of drug-likeness (QED) is 0.754. The van der Waals surface area contributed by atoms with E-state index in [9.17, 15) is 8.78 Å². The van der Waals surface area contributed by atoms with Gasteiger partial charge in [-0.05, 0) is 36.8 Å². The lowest BCUT2D eigenvalue weighted by molar-refractivity contribution is 0.173. The highest BCUT2D eigenvalue weighted by molar-refractivity contribution is 6.33. The predicted octanol–water partition coefficient (Wildman–Crippen LogP) is 3.30. The van der Waals surface area contributed by atoms with Crippen LogP contribution in [-0.4, -0.2) is 24.0 Å². The SMILES string of the molecule is CCCC1CCC(COc2ccc(OB(O)O)c(F)c2F)CC1. The molecule has 1 aromatic rings. The molecule has 0 saturated heterocycles. The van der Waals surface area contributed by atoms with E-state index < -0.39 is 24.7 Å². The Hall–Kier alpha value is -1.34. The summed E-state index contributed by atoms with van der Waals surface area (Å²) in [6, 6.07) is 2.35. The van der Waals surface area contributed by atoms with Crippen molar-refractivity contribution in [3.63, 3.8) is 0 Å². The highest BCUT2D eigenvalue weighted by Crippen LogP contribution is 2.33. The zero-order chi connectivity index (χ0) is 16.8. The normalized spacial score (nSPS) is 21.1. The van der Waals surface area contributed by atoms with Crippen LogP contribution in [0.1, 0.15) is 45.4 Å². The van der Waals surface area contributed by atoms with Gasteiger partial charge in [-0.3, -0.25) is 0 Å². The topological polar surface area (TPSA) is 58.9 Å². The number of ether oxygens (including phenoxy) is 1. The maximum absolute atomic E-state index is 13.9. The molecule has 2 N–H and O–H groups in total. The molecule has 1 aromatic carbocycles. The Morgan fingerprint density at radius 2 is 1.61 bits per heavy atom. The molecule has 23 heavy (non-hydrogen) atoms. The van der Waals surface area contributed by atoms with E-state index in [0.29, 0.717) is 12.5 Å². The smallest absolute Gasteiger partial charge is 0.509 e. The Kier molecular flexibility index (Phi) is 6.65. The second-order valence-electron chi connectivity index (χ2n) is 6.12. The largest absolute Gasteiger partial charge is 0.707 e. The summed E-state index contributed by atoms with van der Waals surface area (Å²) in [5, 5.41) is 17.3. The summed E-state index contributed by atoms with van der Waals surface area (Å²) in [6.07, 6.45) is 6.89. The Balaban J connectivity index is 1.88. The van der Waals surface area contributed by atoms with Gasteiger partial charge in [-0.15, -0.1) is 0 Å². The van der Waals surface area contributed by atoms with E-state index in [0.717, 1.165) is 24.8 Å². The molecule has 0 radical (unpaired) electrons. The third kappa shape index (κ3) is 5.07. The van der Waals surface area contributed by atoms with Crippen molar-refractivity contribution in [3.05, 3.63) is 23.8 Å². The first-order chi connectivity index (χ1) is 11.0. The standard InChI is InChI=1S/C16H23BF2O4/c1-2-3-11-4-6-12(7-5-11)10-22-13-8-9-14(23-17(20)21)16(19)15(13)18/h8-9,11-12,20-21H,2-7,10H2,1H3. The first kappa shape index (κ1) is 18.0. The van der Waals surface area contributed by atoms with Crippen molar-refractivity contribution in [2.24, 2.45) is 11.8 Å². The Morgan fingerprint density at radius 3 is 2.22 bits per heavy atom. The zero-order valence-electron chi connectivity index (χ0n) is 13.3. The second-order valence-corrected chi connectivity index (χ2v) is 6.12. The highest BCUT2D eigenvalue weighted by Gasteiger charge is 2.23. The fraction of sp³-hybridized carbons (Fsp3) is 0.625. The van der Waals surface area contributed by atoms with E-state index in [4.69, 9.17) is 14.8 Å². The van der Waals surface area contributed by atoms with Crippen molar-refractivity contribution < 1.29 is 28.2 Å². The summed E-state index contributed by atoms with van der Waals surface area (Å²) in [6.45, 7) is 2.55. The van der Waals surface area contributed by atoms with E-state index in [2.05, 4.69) is 11.6 Å². The second kappa shape index (κ2) is 8.50. The third-order valence-electron chi connectivity index (χ3n) is 4.38. The minimum atomic E-state index is -2.20. The molecular weight excluding hydrogens is 305 g/mol. The third-order valence-corrected chi connectivity index (χ3v) is 4.38. The van der Waals surface area contributed by atoms with Crippen molar-refractivity contribution in [2.75, 3.05) is 6.61 Å². The molecule has 1 aliphatic rings. The molecule has 0 aromatic heterocycles. The van der Waals surface area contributed by atoms with Gasteiger partial charge in [-0.2, -0.15) is 8.78 Å². The Labute approximate surface area is 135 Å². The monoisotopic (exact) mass is 328 g/mol. The van der Waals surface area contributed by atoms with Crippen molar-refractivity contribution in [1.82, 2.24) is 0 Å². The minimum absolute atomic E-state index is 0.182. The van der Waals surface area contributed by atoms with Crippen LogP contribution in [0.2, 0.25) is 0 Å². The average molecular weight is 328 g/mol. The van der Waals surface area contributed by atoms with E-state index in [-0.39, 0.29) is 5.75 Å². The fourth-order valence-electron chi connectivity index (χ4n) is 3.13. The summed E-state index contributed by atoms with van der Waals surface area (Å²) >= 11 is 0. The zero-order valence-corrected chi connectivity index (χ0v) is 13.3. The van der Waals surface area contributed by atoms with Gasteiger partial charge >= 0.3 is 7.32 Å². The summed E-state index contributed by atoms with van der Waals surface area (Å²) in [7, 11) is -2.20. The maximum atomic E-state index is 13.9. The Bertz CT molecular complexity index is 505. The van der Waals surface area contributed by atoms with Crippen LogP contribution in [-0.2, 0) is 0 Å². The summed E-state index contributed by atoms with van der Waals surface area (Å²) in [4.78, 5) is 0. The molecule has 0 heterocycles. The van der Waals surface area contributed by atoms with Gasteiger partial charge in [0.15, 0.2) is 5.75 Å². The number of benzene rings is 1. The number of halogens is 2. The van der Waals surface area contributed by atoms with Crippen LogP contribution in [0.5, 0.6) is 11.5 Å². The summed E-state index contributed by atoms with van der Waals surface area (Å²) in [5.74, 6) is -2.07. The lowest BCUT2D eigenvalue weighted by atomic mass is 9.80. The number of hydrogen-bond acceptors (Lipinski definition) is 4. The van der Waals surface area contributed by atoms with Gasteiger partial charge < -0.3 is 19.4 Å². The molecule has 4 nitrogen and oxygen atoms in total. The van der Waals surface area contributed by atoms with Crippen LogP contribution >= 0.6 is 0 Å². The van der Waals surface area contributed by atoms with Gasteiger partial charge in [-0.1, -0.05) is 32.6 Å². The molecule has 128 valence electrons. The Morgan fingerprint density at radius 1 is 1.04 bits per heavy atom. The van der Waals surface area contributed by atoms with Crippen LogP contribution in [0.3, 0.4) is 0 Å². The number of hydrogen-bond donors (Lipinski definition) is 2. The lowest BCUT2D eigenvalue weighted by Crippen LogP contribution is -2.22. The lowest BCUT2D eigenvalue weighted by Gasteiger charge is -2.28. The summed E-state index contributed by atoms with van der Waals surface area (Å²) < 4.78 is 37.4. The van der Waals surface area contributed by atoms with Crippen molar-refractivity contribution in [2.45, 2.75) is 45.4 Å². The van der Waals surface area contributed by atoms with E-state index in [1.54, 1.807) is 0 Å². The van der Waals surface area contributed by atoms with Crippen molar-refractivity contribution in [3.8, 4) is 11.5 Å². The van der Waals surface area contributed by atoms with E-state index in [1.807, 2.05) is 0 Å². The molecular formula is C16H23BF2O4. The van der Waals surface area contributed by atoms with Gasteiger partial charge in [0, 0.05) is 0 Å². The molecule has 1 aliphatic carbocycles. The van der Waals surface area contributed by atoms with E-state index >= 15 is 0 Å². The van der Waals surface area contributed by atoms with Gasteiger partial charge in [0.05, 0.1) is 6.61 Å². The molecule has 0 spiro atoms. The first-order valence-corrected chi connectivity index (χ1v) is 8.14. The van der Waals surface area contributed by atoms with Crippen LogP contribution in [0, 0.1) is 23.5 Å². The van der Waals surface area contributed by atoms with Gasteiger partial charge in [0.25, 0.3) is 0 Å². The fourth-order valence-corrected chi connectivity index (χ4v) is 3.13. The molecule has 0 unspecified atom stereocenters. The predicted molar refractivity (Wildman–Crippen MR) is 83.0 cm³/mol. The minimum Gasteiger partial charge on any atom is -0.509 e. The molecule has 0 bridgehead atoms. The van der Waals surface area contributed by atoms with E-state index in [1.165, 1.54) is 31.7 Å². The highest BCUT2D eigenvalue weighted by atomic mass is 19.2. The molecule has 0 amide bonds. The van der Waals surface area contributed by atoms with Gasteiger partial charge in [0.2, 0.25) is 11.6 Å². The average Bonchev–Trinajstić information content (AvgIpc) is 2.52. The molecule has 1 saturated carbocycles. The number of rotatable bonds is 7. The van der Waals surface area contributed by atoms with Crippen LogP contribution < -0.4 is 9.39 Å². The van der Waals surface area contributed by atoms with Crippen LogP contribution in [0.4, 0.5) is 8.78 Å². The van der Waals surface area contributed by atoms with Gasteiger partial charge in [0.1, 0.15) is 5.75 Å². The maximum Gasteiger partial charge on any atom is 0.707 e. The van der Waals surface area contributed by atoms with Gasteiger partial charge in [-0.25, -0.2) is 0 Å². The molecule has 0 aliphatic heterocycles. The van der Waals surface area contributed by atoms with Crippen LogP contribution in [0.25, 0.3) is 0 Å². The van der Waals surface area contributed by atoms with Crippen LogP contribution in [0.15, 0.2) is 12.1 Å². The van der Waals surface area contributed by atoms with Crippen molar-refractivity contribution >= 4 is 7.32 Å². The molecule has 0 atom stereocenters. The summed E-state index contributed by atoms with van der Waals surface area (Å²) in [5.41, 5.74) is 0. The molecule has 7 heteroatoms. The van der Waals surface area contributed by atoms with Crippen molar-refractivity contribution in [1.29, 1.82) is 0 Å².